The van der Waals surface area contributed by atoms with Crippen molar-refractivity contribution in [1.82, 2.24) is 15.5 Å². The molecule has 3 unspecified atom stereocenters. The summed E-state index contributed by atoms with van der Waals surface area (Å²) in [6.45, 7) is 10.9. The van der Waals surface area contributed by atoms with Crippen LogP contribution in [0, 0.1) is 0 Å². The van der Waals surface area contributed by atoms with Crippen LogP contribution in [0.5, 0.6) is 5.75 Å². The molecular formula is C26H42N4O6. The van der Waals surface area contributed by atoms with Gasteiger partial charge in [0.2, 0.25) is 17.7 Å². The van der Waals surface area contributed by atoms with Crippen molar-refractivity contribution >= 4 is 23.8 Å². The van der Waals surface area contributed by atoms with E-state index in [4.69, 9.17) is 10.5 Å². The molecule has 0 aliphatic carbocycles. The zero-order chi connectivity index (χ0) is 27.5. The van der Waals surface area contributed by atoms with Crippen molar-refractivity contribution in [2.24, 2.45) is 5.73 Å². The van der Waals surface area contributed by atoms with Gasteiger partial charge in [-0.25, -0.2) is 4.79 Å². The predicted molar refractivity (Wildman–Crippen MR) is 137 cm³/mol. The van der Waals surface area contributed by atoms with E-state index in [9.17, 15) is 24.3 Å². The molecule has 3 atom stereocenters. The Balaban J connectivity index is 3.45. The molecule has 5 N–H and O–H groups in total. The van der Waals surface area contributed by atoms with E-state index in [2.05, 4.69) is 10.6 Å². The second-order valence-corrected chi connectivity index (χ2v) is 9.90. The minimum Gasteiger partial charge on any atom is -0.508 e. The van der Waals surface area contributed by atoms with E-state index in [-0.39, 0.29) is 36.7 Å². The molecule has 0 fully saturated rings. The van der Waals surface area contributed by atoms with E-state index in [0.29, 0.717) is 6.42 Å². The number of carbonyl (C=O) groups excluding carboxylic acids is 4. The fraction of sp³-hybridized carbons (Fsp3) is 0.615. The van der Waals surface area contributed by atoms with E-state index in [1.165, 1.54) is 11.0 Å². The number of nitrogens with zero attached hydrogens (tertiary/aromatic N) is 1. The number of amides is 4. The minimum absolute atomic E-state index is 0.0744. The van der Waals surface area contributed by atoms with Crippen LogP contribution in [0.3, 0.4) is 0 Å². The summed E-state index contributed by atoms with van der Waals surface area (Å²) in [5.41, 5.74) is 4.75. The highest BCUT2D eigenvalue weighted by Gasteiger charge is 2.37. The van der Waals surface area contributed by atoms with Gasteiger partial charge in [-0.05, 0) is 53.0 Å². The number of phenols is 1. The lowest BCUT2D eigenvalue weighted by Gasteiger charge is -2.35. The van der Waals surface area contributed by atoms with E-state index in [1.807, 2.05) is 20.8 Å². The summed E-state index contributed by atoms with van der Waals surface area (Å²) in [5.74, 6) is -1.81. The second-order valence-electron chi connectivity index (χ2n) is 9.90. The molecule has 202 valence electrons. The monoisotopic (exact) mass is 506 g/mol. The first-order valence-corrected chi connectivity index (χ1v) is 12.5. The third kappa shape index (κ3) is 10.1. The Morgan fingerprint density at radius 2 is 1.69 bits per heavy atom. The van der Waals surface area contributed by atoms with Crippen molar-refractivity contribution in [1.29, 1.82) is 0 Å². The van der Waals surface area contributed by atoms with Gasteiger partial charge >= 0.3 is 6.09 Å². The average molecular weight is 507 g/mol. The van der Waals surface area contributed by atoms with Crippen LogP contribution in [0.2, 0.25) is 0 Å². The van der Waals surface area contributed by atoms with Crippen LogP contribution in [0.25, 0.3) is 0 Å². The first-order chi connectivity index (χ1) is 16.8. The molecule has 0 heterocycles. The maximum atomic E-state index is 13.8. The Labute approximate surface area is 213 Å². The van der Waals surface area contributed by atoms with Gasteiger partial charge in [0.15, 0.2) is 0 Å². The van der Waals surface area contributed by atoms with Gasteiger partial charge in [-0.3, -0.25) is 14.4 Å². The highest BCUT2D eigenvalue weighted by molar-refractivity contribution is 5.93. The lowest BCUT2D eigenvalue weighted by Crippen LogP contribution is -2.54. The summed E-state index contributed by atoms with van der Waals surface area (Å²) >= 11 is 0. The Morgan fingerprint density at radius 3 is 2.22 bits per heavy atom. The first-order valence-electron chi connectivity index (χ1n) is 12.5. The van der Waals surface area contributed by atoms with Gasteiger partial charge in [-0.15, -0.1) is 0 Å². The fourth-order valence-corrected chi connectivity index (χ4v) is 3.80. The number of benzene rings is 1. The molecule has 0 saturated heterocycles. The smallest absolute Gasteiger partial charge is 0.408 e. The summed E-state index contributed by atoms with van der Waals surface area (Å²) in [6, 6.07) is 3.84. The molecule has 0 radical (unpaired) electrons. The minimum atomic E-state index is -1.17. The van der Waals surface area contributed by atoms with E-state index < -0.39 is 41.5 Å². The number of nitrogens with one attached hydrogen (secondary N) is 2. The maximum Gasteiger partial charge on any atom is 0.408 e. The standard InChI is InChI=1S/C26H42N4O6/c1-7-11-17(3)28-23(33)22(18-12-9-10-13-20(18)31)30(16-8-2)24(34)19(14-15-21(27)32)29-25(35)36-26(4,5)6/h9-10,12-13,17,19,22,31H,7-8,11,14-16H2,1-6H3,(H2,27,32)(H,28,33)(H,29,35). The predicted octanol–water partition coefficient (Wildman–Crippen LogP) is 3.14. The van der Waals surface area contributed by atoms with Gasteiger partial charge in [-0.2, -0.15) is 0 Å². The van der Waals surface area contributed by atoms with Crippen LogP contribution in [0.4, 0.5) is 4.79 Å². The molecule has 10 heteroatoms. The quantitative estimate of drug-likeness (QED) is 0.323. The molecule has 0 aromatic heterocycles. The van der Waals surface area contributed by atoms with Gasteiger partial charge in [0.1, 0.15) is 23.4 Å². The Kier molecular flexibility index (Phi) is 12.2. The van der Waals surface area contributed by atoms with Gasteiger partial charge in [0, 0.05) is 24.6 Å². The van der Waals surface area contributed by atoms with Gasteiger partial charge in [0.25, 0.3) is 0 Å². The molecule has 36 heavy (non-hydrogen) atoms. The van der Waals surface area contributed by atoms with Gasteiger partial charge in [-0.1, -0.05) is 38.5 Å². The maximum absolute atomic E-state index is 13.8. The number of nitrogens with two attached hydrogens (primary N) is 1. The normalized spacial score (nSPS) is 13.7. The first kappa shape index (κ1) is 30.7. The number of primary amides is 1. The number of aromatic hydroxyl groups is 1. The summed E-state index contributed by atoms with van der Waals surface area (Å²) in [5, 5.41) is 16.1. The largest absolute Gasteiger partial charge is 0.508 e. The summed E-state index contributed by atoms with van der Waals surface area (Å²) in [6.07, 6.45) is 1.03. The van der Waals surface area contributed by atoms with Crippen molar-refractivity contribution in [3.05, 3.63) is 29.8 Å². The van der Waals surface area contributed by atoms with Crippen LogP contribution in [0.1, 0.15) is 85.3 Å². The lowest BCUT2D eigenvalue weighted by atomic mass is 10.00. The number of para-hydroxylation sites is 1. The van der Waals surface area contributed by atoms with Crippen LogP contribution < -0.4 is 16.4 Å². The average Bonchev–Trinajstić information content (AvgIpc) is 2.75. The van der Waals surface area contributed by atoms with Crippen molar-refractivity contribution in [3.8, 4) is 5.75 Å². The summed E-state index contributed by atoms with van der Waals surface area (Å²) in [4.78, 5) is 52.6. The van der Waals surface area contributed by atoms with Crippen molar-refractivity contribution in [2.45, 2.75) is 97.4 Å². The van der Waals surface area contributed by atoms with Crippen LogP contribution in [-0.4, -0.2) is 58.1 Å². The fourth-order valence-electron chi connectivity index (χ4n) is 3.80. The molecule has 1 rings (SSSR count). The number of hydrogen-bond acceptors (Lipinski definition) is 6. The number of phenolic OH excluding ortho intramolecular Hbond substituents is 1. The number of rotatable bonds is 13. The summed E-state index contributed by atoms with van der Waals surface area (Å²) in [7, 11) is 0. The zero-order valence-electron chi connectivity index (χ0n) is 22.3. The second kappa shape index (κ2) is 14.3. The SMILES string of the molecule is CCCC(C)NC(=O)C(c1ccccc1O)N(CCC)C(=O)C(CCC(N)=O)NC(=O)OC(C)(C)C. The Hall–Kier alpha value is -3.30. The zero-order valence-corrected chi connectivity index (χ0v) is 22.3. The van der Waals surface area contributed by atoms with E-state index >= 15 is 0 Å². The number of hydrogen-bond donors (Lipinski definition) is 4. The topological polar surface area (TPSA) is 151 Å². The molecule has 1 aromatic rings. The highest BCUT2D eigenvalue weighted by atomic mass is 16.6. The van der Waals surface area contributed by atoms with E-state index in [1.54, 1.807) is 39.0 Å². The summed E-state index contributed by atoms with van der Waals surface area (Å²) < 4.78 is 5.30. The lowest BCUT2D eigenvalue weighted by molar-refractivity contribution is -0.143. The molecule has 0 spiro atoms. The molecule has 4 amide bonds. The Morgan fingerprint density at radius 1 is 1.06 bits per heavy atom. The third-order valence-electron chi connectivity index (χ3n) is 5.32. The molecule has 1 aromatic carbocycles. The van der Waals surface area contributed by atoms with Crippen molar-refractivity contribution < 1.29 is 29.0 Å². The molecule has 0 saturated carbocycles. The molecular weight excluding hydrogens is 464 g/mol. The van der Waals surface area contributed by atoms with Crippen LogP contribution >= 0.6 is 0 Å². The third-order valence-corrected chi connectivity index (χ3v) is 5.32. The van der Waals surface area contributed by atoms with Crippen molar-refractivity contribution in [3.63, 3.8) is 0 Å². The molecule has 0 bridgehead atoms. The molecule has 0 aliphatic rings. The number of ether oxygens (including phenoxy) is 1. The highest BCUT2D eigenvalue weighted by Crippen LogP contribution is 2.30. The van der Waals surface area contributed by atoms with Crippen LogP contribution in [0.15, 0.2) is 24.3 Å². The molecule has 0 aliphatic heterocycles. The van der Waals surface area contributed by atoms with Crippen LogP contribution in [-0.2, 0) is 19.1 Å². The number of alkyl carbamates (subject to hydrolysis) is 1. The van der Waals surface area contributed by atoms with E-state index in [0.717, 1.165) is 12.8 Å². The van der Waals surface area contributed by atoms with Crippen molar-refractivity contribution in [2.75, 3.05) is 6.54 Å². The molecule has 10 nitrogen and oxygen atoms in total. The Bertz CT molecular complexity index is 899. The van der Waals surface area contributed by atoms with Gasteiger partial charge < -0.3 is 31.1 Å². The van der Waals surface area contributed by atoms with Gasteiger partial charge in [0.05, 0.1) is 0 Å². The number of carbonyl (C=O) groups is 4.